The number of unbranched alkanes of at least 4 members (excludes halogenated alkanes) is 2. The molecular formula is C34H43F5O3S. The van der Waals surface area contributed by atoms with Crippen LogP contribution in [0.15, 0.2) is 42.5 Å². The summed E-state index contributed by atoms with van der Waals surface area (Å²) in [5.41, 5.74) is 3.75. The topological polar surface area (TPSA) is 49.7 Å². The van der Waals surface area contributed by atoms with Crippen molar-refractivity contribution in [2.45, 2.75) is 101 Å². The van der Waals surface area contributed by atoms with Crippen molar-refractivity contribution in [2.75, 3.05) is 18.1 Å². The fourth-order valence-electron chi connectivity index (χ4n) is 8.12. The molecule has 3 aliphatic carbocycles. The lowest BCUT2D eigenvalue weighted by Gasteiger charge is -2.54. The van der Waals surface area contributed by atoms with E-state index in [2.05, 4.69) is 25.1 Å². The number of ether oxygens (including phenoxy) is 1. The van der Waals surface area contributed by atoms with Crippen LogP contribution in [0.5, 0.6) is 11.5 Å². The first-order valence-electron chi connectivity index (χ1n) is 15.7. The summed E-state index contributed by atoms with van der Waals surface area (Å²) in [6.45, 7) is 2.84. The van der Waals surface area contributed by atoms with Gasteiger partial charge in [-0.2, -0.15) is 33.7 Å². The molecular weight excluding hydrogens is 583 g/mol. The third kappa shape index (κ3) is 6.98. The SMILES string of the molecule is C[C@]12C[C@H](c3ccc(OCCCCCSCCCC(F)(F)C(F)(F)F)cc3)[C@@H]3c4ccc(O)cc4CC[C@H]3[C@@H]1CC[C@@H]2O. The number of rotatable bonds is 12. The maximum atomic E-state index is 12.9. The summed E-state index contributed by atoms with van der Waals surface area (Å²) in [5.74, 6) is -0.815. The van der Waals surface area contributed by atoms with Crippen molar-refractivity contribution < 1.29 is 36.9 Å². The maximum absolute atomic E-state index is 12.9. The number of aliphatic hydroxyl groups excluding tert-OH is 1. The van der Waals surface area contributed by atoms with Crippen LogP contribution in [-0.2, 0) is 6.42 Å². The molecule has 238 valence electrons. The molecule has 3 nitrogen and oxygen atoms in total. The third-order valence-corrected chi connectivity index (χ3v) is 11.5. The van der Waals surface area contributed by atoms with Crippen LogP contribution in [0, 0.1) is 17.3 Å². The van der Waals surface area contributed by atoms with Gasteiger partial charge in [-0.25, -0.2) is 0 Å². The minimum Gasteiger partial charge on any atom is -0.508 e. The molecule has 0 heterocycles. The highest BCUT2D eigenvalue weighted by Crippen LogP contribution is 2.65. The predicted molar refractivity (Wildman–Crippen MR) is 160 cm³/mol. The fourth-order valence-corrected chi connectivity index (χ4v) is 9.08. The molecule has 0 aliphatic heterocycles. The number of phenolic OH excluding ortho intramolecular Hbond substituents is 1. The number of halogens is 5. The summed E-state index contributed by atoms with van der Waals surface area (Å²) in [6, 6.07) is 14.2. The number of aliphatic hydroxyl groups is 1. The number of aromatic hydroxyl groups is 1. The van der Waals surface area contributed by atoms with Gasteiger partial charge in [0.25, 0.3) is 0 Å². The van der Waals surface area contributed by atoms with Crippen LogP contribution >= 0.6 is 11.8 Å². The standard InChI is InChI=1S/C34H43F5O3S/c1-32-21-28(31-26-13-9-24(40)20-23(26)8-12-27(31)29(32)14-15-30(32)41)22-6-10-25(11-7-22)42-17-3-2-4-18-43-19-5-16-33(35,36)34(37,38)39/h6-7,9-11,13,20,27-31,40-41H,2-5,8,12,14-19,21H2,1H3/t27-,28+,29-,30-,31+,32-/m0/s1. The zero-order valence-electron chi connectivity index (χ0n) is 24.7. The molecule has 0 saturated heterocycles. The van der Waals surface area contributed by atoms with E-state index in [1.165, 1.54) is 28.5 Å². The highest BCUT2D eigenvalue weighted by Gasteiger charge is 2.58. The third-order valence-electron chi connectivity index (χ3n) is 10.4. The van der Waals surface area contributed by atoms with Gasteiger partial charge in [0, 0.05) is 6.42 Å². The minimum atomic E-state index is -5.47. The summed E-state index contributed by atoms with van der Waals surface area (Å²) in [5, 5.41) is 21.2. The van der Waals surface area contributed by atoms with Gasteiger partial charge in [-0.15, -0.1) is 0 Å². The molecule has 2 aromatic rings. The number of aryl methyl sites for hydroxylation is 1. The smallest absolute Gasteiger partial charge is 0.453 e. The largest absolute Gasteiger partial charge is 0.508 e. The van der Waals surface area contributed by atoms with Crippen LogP contribution in [0.4, 0.5) is 22.0 Å². The van der Waals surface area contributed by atoms with Gasteiger partial charge in [0.2, 0.25) is 0 Å². The monoisotopic (exact) mass is 626 g/mol. The first-order chi connectivity index (χ1) is 20.4. The van der Waals surface area contributed by atoms with Crippen LogP contribution in [0.25, 0.3) is 0 Å². The zero-order chi connectivity index (χ0) is 30.8. The van der Waals surface area contributed by atoms with Gasteiger partial charge in [-0.05, 0) is 139 Å². The number of thioether (sulfide) groups is 1. The Morgan fingerprint density at radius 3 is 2.42 bits per heavy atom. The van der Waals surface area contributed by atoms with Crippen molar-refractivity contribution in [3.8, 4) is 11.5 Å². The van der Waals surface area contributed by atoms with Crippen LogP contribution < -0.4 is 4.74 Å². The number of hydrogen-bond acceptors (Lipinski definition) is 4. The Morgan fingerprint density at radius 1 is 0.930 bits per heavy atom. The Balaban J connectivity index is 1.11. The van der Waals surface area contributed by atoms with E-state index in [1.54, 1.807) is 0 Å². The van der Waals surface area contributed by atoms with Gasteiger partial charge in [0.05, 0.1) is 12.7 Å². The average molecular weight is 627 g/mol. The highest BCUT2D eigenvalue weighted by atomic mass is 32.2. The molecule has 0 radical (unpaired) electrons. The van der Waals surface area contributed by atoms with E-state index in [1.807, 2.05) is 24.3 Å². The van der Waals surface area contributed by atoms with Crippen molar-refractivity contribution in [1.29, 1.82) is 0 Å². The lowest BCUT2D eigenvalue weighted by atomic mass is 9.51. The highest BCUT2D eigenvalue weighted by molar-refractivity contribution is 7.99. The molecule has 0 unspecified atom stereocenters. The number of alkyl halides is 5. The van der Waals surface area contributed by atoms with E-state index in [4.69, 9.17) is 4.74 Å². The molecule has 0 amide bonds. The molecule has 2 N–H and O–H groups in total. The zero-order valence-corrected chi connectivity index (χ0v) is 25.5. The minimum absolute atomic E-state index is 0.0954. The molecule has 0 aromatic heterocycles. The number of phenols is 1. The van der Waals surface area contributed by atoms with E-state index in [-0.39, 0.29) is 23.9 Å². The number of benzene rings is 2. The molecule has 6 atom stereocenters. The Kier molecular flexibility index (Phi) is 9.91. The second-order valence-electron chi connectivity index (χ2n) is 13.0. The van der Waals surface area contributed by atoms with Crippen molar-refractivity contribution in [3.63, 3.8) is 0 Å². The molecule has 43 heavy (non-hydrogen) atoms. The Hall–Kier alpha value is -2.00. The van der Waals surface area contributed by atoms with Crippen molar-refractivity contribution in [1.82, 2.24) is 0 Å². The molecule has 9 heteroatoms. The quantitative estimate of drug-likeness (QED) is 0.182. The lowest BCUT2D eigenvalue weighted by molar-refractivity contribution is -0.284. The predicted octanol–water partition coefficient (Wildman–Crippen LogP) is 9.26. The van der Waals surface area contributed by atoms with E-state index in [9.17, 15) is 32.2 Å². The molecule has 2 fully saturated rings. The van der Waals surface area contributed by atoms with E-state index >= 15 is 0 Å². The van der Waals surface area contributed by atoms with Gasteiger partial charge >= 0.3 is 12.1 Å². The summed E-state index contributed by atoms with van der Waals surface area (Å²) in [6.07, 6.45) is 0.456. The Morgan fingerprint density at radius 2 is 1.67 bits per heavy atom. The Labute approximate surface area is 255 Å². The van der Waals surface area contributed by atoms with Gasteiger partial charge in [-0.1, -0.05) is 25.1 Å². The number of hydrogen-bond donors (Lipinski definition) is 2. The van der Waals surface area contributed by atoms with Crippen LogP contribution in [0.2, 0.25) is 0 Å². The summed E-state index contributed by atoms with van der Waals surface area (Å²) >= 11 is 1.41. The van der Waals surface area contributed by atoms with Gasteiger partial charge in [-0.3, -0.25) is 0 Å². The van der Waals surface area contributed by atoms with Crippen LogP contribution in [0.1, 0.15) is 93.2 Å². The first kappa shape index (κ1) is 32.4. The molecule has 0 bridgehead atoms. The van der Waals surface area contributed by atoms with Gasteiger partial charge < -0.3 is 14.9 Å². The van der Waals surface area contributed by atoms with Gasteiger partial charge in [0.15, 0.2) is 0 Å². The second-order valence-corrected chi connectivity index (χ2v) is 14.2. The molecule has 3 aliphatic rings. The summed E-state index contributed by atoms with van der Waals surface area (Å²) < 4.78 is 68.5. The summed E-state index contributed by atoms with van der Waals surface area (Å²) in [7, 11) is 0. The van der Waals surface area contributed by atoms with Crippen molar-refractivity contribution >= 4 is 11.8 Å². The van der Waals surface area contributed by atoms with E-state index < -0.39 is 18.5 Å². The van der Waals surface area contributed by atoms with Crippen molar-refractivity contribution in [3.05, 3.63) is 59.2 Å². The lowest BCUT2D eigenvalue weighted by Crippen LogP contribution is -2.47. The molecule has 2 aromatic carbocycles. The normalized spacial score (nSPS) is 28.7. The van der Waals surface area contributed by atoms with E-state index in [0.29, 0.717) is 35.9 Å². The average Bonchev–Trinajstić information content (AvgIpc) is 3.26. The second kappa shape index (κ2) is 13.2. The van der Waals surface area contributed by atoms with Crippen molar-refractivity contribution in [2.24, 2.45) is 17.3 Å². The van der Waals surface area contributed by atoms with Gasteiger partial charge in [0.1, 0.15) is 11.5 Å². The molecule has 0 spiro atoms. The fraction of sp³-hybridized carbons (Fsp3) is 0.647. The van der Waals surface area contributed by atoms with E-state index in [0.717, 1.165) is 62.9 Å². The molecule has 2 saturated carbocycles. The summed E-state index contributed by atoms with van der Waals surface area (Å²) in [4.78, 5) is 0. The Bertz CT molecular complexity index is 1220. The van der Waals surface area contributed by atoms with Crippen LogP contribution in [0.3, 0.4) is 0 Å². The maximum Gasteiger partial charge on any atom is 0.453 e. The first-order valence-corrected chi connectivity index (χ1v) is 16.8. The molecule has 5 rings (SSSR count). The van der Waals surface area contributed by atoms with Crippen LogP contribution in [-0.4, -0.2) is 46.5 Å². The number of fused-ring (bicyclic) bond motifs is 5.